The highest BCUT2D eigenvalue weighted by Crippen LogP contribution is 2.35. The first kappa shape index (κ1) is 13.1. The zero-order valence-electron chi connectivity index (χ0n) is 8.22. The Labute approximate surface area is 107 Å². The Kier molecular flexibility index (Phi) is 4.41. The van der Waals surface area contributed by atoms with Gasteiger partial charge in [0.1, 0.15) is 5.69 Å². The molecule has 0 saturated heterocycles. The highest BCUT2D eigenvalue weighted by molar-refractivity contribution is 6.41. The van der Waals surface area contributed by atoms with Crippen molar-refractivity contribution in [3.8, 4) is 0 Å². The van der Waals surface area contributed by atoms with Crippen LogP contribution >= 0.6 is 34.8 Å². The highest BCUT2D eigenvalue weighted by atomic mass is 35.5. The summed E-state index contributed by atoms with van der Waals surface area (Å²) in [6, 6.07) is 2.96. The number of nitrogens with one attached hydrogen (secondary N) is 1. The molecule has 0 radical (unpaired) electrons. The van der Waals surface area contributed by atoms with Gasteiger partial charge in [0.15, 0.2) is 0 Å². The van der Waals surface area contributed by atoms with Gasteiger partial charge in [0.05, 0.1) is 10.0 Å². The van der Waals surface area contributed by atoms with Crippen molar-refractivity contribution in [2.75, 3.05) is 0 Å². The molecule has 3 N–H and O–H groups in total. The number of guanidine groups is 1. The number of carbonyl (C=O) groups excluding carboxylic acids is 1. The van der Waals surface area contributed by atoms with Crippen LogP contribution in [0, 0.1) is 0 Å². The van der Waals surface area contributed by atoms with Gasteiger partial charge in [-0.25, -0.2) is 4.99 Å². The molecule has 86 valence electrons. The summed E-state index contributed by atoms with van der Waals surface area (Å²) in [6.45, 7) is 1.31. The van der Waals surface area contributed by atoms with E-state index in [1.807, 2.05) is 0 Å². The van der Waals surface area contributed by atoms with Crippen molar-refractivity contribution in [3.63, 3.8) is 0 Å². The van der Waals surface area contributed by atoms with E-state index in [1.54, 1.807) is 0 Å². The SMILES string of the molecule is CC(=O)NC(N)=Nc1c(Cl)cc(Cl)cc1Cl. The van der Waals surface area contributed by atoms with Crippen LogP contribution in [0.1, 0.15) is 6.92 Å². The number of nitrogens with two attached hydrogens (primary N) is 1. The van der Waals surface area contributed by atoms with Gasteiger partial charge in [0, 0.05) is 11.9 Å². The van der Waals surface area contributed by atoms with E-state index in [2.05, 4.69) is 10.3 Å². The number of rotatable bonds is 1. The van der Waals surface area contributed by atoms with Crippen LogP contribution in [0.15, 0.2) is 17.1 Å². The van der Waals surface area contributed by atoms with Crippen LogP contribution in [0.4, 0.5) is 5.69 Å². The van der Waals surface area contributed by atoms with E-state index < -0.39 is 0 Å². The van der Waals surface area contributed by atoms with Crippen LogP contribution in [0.2, 0.25) is 15.1 Å². The molecule has 0 heterocycles. The van der Waals surface area contributed by atoms with Gasteiger partial charge in [0.25, 0.3) is 0 Å². The average Bonchev–Trinajstić information content (AvgIpc) is 2.09. The Morgan fingerprint density at radius 1 is 1.31 bits per heavy atom. The van der Waals surface area contributed by atoms with Crippen molar-refractivity contribution in [1.82, 2.24) is 5.32 Å². The summed E-state index contributed by atoms with van der Waals surface area (Å²) in [5.41, 5.74) is 5.71. The second kappa shape index (κ2) is 5.39. The van der Waals surface area contributed by atoms with Gasteiger partial charge in [0.2, 0.25) is 11.9 Å². The van der Waals surface area contributed by atoms with E-state index in [1.165, 1.54) is 19.1 Å². The molecule has 7 heteroatoms. The van der Waals surface area contributed by atoms with E-state index >= 15 is 0 Å². The van der Waals surface area contributed by atoms with Crippen molar-refractivity contribution in [2.24, 2.45) is 10.7 Å². The second-order valence-electron chi connectivity index (χ2n) is 2.90. The van der Waals surface area contributed by atoms with Crippen LogP contribution in [-0.4, -0.2) is 11.9 Å². The third-order valence-electron chi connectivity index (χ3n) is 1.52. The molecule has 1 amide bonds. The first-order valence-corrected chi connectivity index (χ1v) is 5.30. The van der Waals surface area contributed by atoms with E-state index in [4.69, 9.17) is 40.5 Å². The molecule has 0 fully saturated rings. The minimum Gasteiger partial charge on any atom is -0.369 e. The molecule has 0 aliphatic carbocycles. The molecule has 1 aromatic rings. The number of hydrogen-bond acceptors (Lipinski definition) is 2. The average molecular weight is 281 g/mol. The fraction of sp³-hybridized carbons (Fsp3) is 0.111. The van der Waals surface area contributed by atoms with Crippen molar-refractivity contribution in [1.29, 1.82) is 0 Å². The monoisotopic (exact) mass is 279 g/mol. The summed E-state index contributed by atoms with van der Waals surface area (Å²) >= 11 is 17.5. The minimum absolute atomic E-state index is 0.0846. The summed E-state index contributed by atoms with van der Waals surface area (Å²) in [7, 11) is 0. The van der Waals surface area contributed by atoms with Gasteiger partial charge >= 0.3 is 0 Å². The zero-order valence-corrected chi connectivity index (χ0v) is 10.5. The van der Waals surface area contributed by atoms with Crippen molar-refractivity contribution in [3.05, 3.63) is 27.2 Å². The molecular formula is C9H8Cl3N3O. The largest absolute Gasteiger partial charge is 0.369 e. The zero-order chi connectivity index (χ0) is 12.3. The maximum Gasteiger partial charge on any atom is 0.223 e. The fourth-order valence-electron chi connectivity index (χ4n) is 0.970. The molecule has 0 aromatic heterocycles. The number of aliphatic imine (C=N–C) groups is 1. The molecule has 1 rings (SSSR count). The molecule has 0 saturated carbocycles. The summed E-state index contributed by atoms with van der Waals surface area (Å²) in [4.78, 5) is 14.6. The van der Waals surface area contributed by atoms with Gasteiger partial charge in [-0.15, -0.1) is 0 Å². The maximum atomic E-state index is 10.7. The van der Waals surface area contributed by atoms with Crippen molar-refractivity contribution >= 4 is 52.4 Å². The number of carbonyl (C=O) groups is 1. The summed E-state index contributed by atoms with van der Waals surface area (Å²) in [5.74, 6) is -0.416. The maximum absolute atomic E-state index is 10.7. The number of amides is 1. The molecular weight excluding hydrogens is 272 g/mol. The van der Waals surface area contributed by atoms with Crippen LogP contribution in [0.3, 0.4) is 0 Å². The molecule has 0 spiro atoms. The van der Waals surface area contributed by atoms with E-state index in [9.17, 15) is 4.79 Å². The summed E-state index contributed by atoms with van der Waals surface area (Å²) in [5, 5.41) is 3.21. The first-order chi connectivity index (χ1) is 7.40. The lowest BCUT2D eigenvalue weighted by Gasteiger charge is -2.05. The third-order valence-corrected chi connectivity index (χ3v) is 2.31. The van der Waals surface area contributed by atoms with Gasteiger partial charge in [-0.2, -0.15) is 0 Å². The van der Waals surface area contributed by atoms with Crippen LogP contribution < -0.4 is 11.1 Å². The Morgan fingerprint density at radius 2 is 1.81 bits per heavy atom. The lowest BCUT2D eigenvalue weighted by Crippen LogP contribution is -2.34. The first-order valence-electron chi connectivity index (χ1n) is 4.16. The number of nitrogens with zero attached hydrogens (tertiary/aromatic N) is 1. The molecule has 0 aliphatic heterocycles. The quantitative estimate of drug-likeness (QED) is 0.613. The molecule has 4 nitrogen and oxygen atoms in total. The van der Waals surface area contributed by atoms with Crippen molar-refractivity contribution in [2.45, 2.75) is 6.92 Å². The lowest BCUT2D eigenvalue weighted by molar-refractivity contribution is -0.117. The van der Waals surface area contributed by atoms with E-state index in [0.29, 0.717) is 5.02 Å². The number of halogens is 3. The van der Waals surface area contributed by atoms with Crippen molar-refractivity contribution < 1.29 is 4.79 Å². The molecule has 16 heavy (non-hydrogen) atoms. The van der Waals surface area contributed by atoms with Gasteiger partial charge in [-0.05, 0) is 12.1 Å². The molecule has 0 bridgehead atoms. The lowest BCUT2D eigenvalue weighted by atomic mass is 10.3. The Bertz CT molecular complexity index is 436. The van der Waals surface area contributed by atoms with Crippen LogP contribution in [-0.2, 0) is 4.79 Å². The smallest absolute Gasteiger partial charge is 0.223 e. The molecule has 0 unspecified atom stereocenters. The Morgan fingerprint density at radius 3 is 2.25 bits per heavy atom. The Hall–Kier alpha value is -0.970. The summed E-state index contributed by atoms with van der Waals surface area (Å²) in [6.07, 6.45) is 0. The standard InChI is InChI=1S/C9H8Cl3N3O/c1-4(16)14-9(13)15-8-6(11)2-5(10)3-7(8)12/h2-3H,1H3,(H3,13,14,15,16). The molecule has 0 aliphatic rings. The topological polar surface area (TPSA) is 67.5 Å². The van der Waals surface area contributed by atoms with Gasteiger partial charge in [-0.1, -0.05) is 34.8 Å². The second-order valence-corrected chi connectivity index (χ2v) is 4.15. The highest BCUT2D eigenvalue weighted by Gasteiger charge is 2.07. The number of benzene rings is 1. The van der Waals surface area contributed by atoms with Crippen LogP contribution in [0.5, 0.6) is 0 Å². The van der Waals surface area contributed by atoms with E-state index in [0.717, 1.165) is 0 Å². The van der Waals surface area contributed by atoms with Gasteiger partial charge in [-0.3, -0.25) is 10.1 Å². The normalized spacial score (nSPS) is 11.4. The fourth-order valence-corrected chi connectivity index (χ4v) is 1.87. The summed E-state index contributed by atoms with van der Waals surface area (Å²) < 4.78 is 0. The predicted molar refractivity (Wildman–Crippen MR) is 66.6 cm³/mol. The van der Waals surface area contributed by atoms with E-state index in [-0.39, 0.29) is 27.6 Å². The third kappa shape index (κ3) is 3.56. The Balaban J connectivity index is 3.10. The molecule has 0 atom stereocenters. The molecule has 1 aromatic carbocycles. The predicted octanol–water partition coefficient (Wildman–Crippen LogP) is 2.73. The van der Waals surface area contributed by atoms with Gasteiger partial charge < -0.3 is 5.73 Å². The van der Waals surface area contributed by atoms with Crippen LogP contribution in [0.25, 0.3) is 0 Å². The number of hydrogen-bond donors (Lipinski definition) is 2. The minimum atomic E-state index is -0.331.